The van der Waals surface area contributed by atoms with Gasteiger partial charge in [0.2, 0.25) is 0 Å². The Hall–Kier alpha value is -3.54. The molecule has 0 atom stereocenters. The van der Waals surface area contributed by atoms with E-state index in [4.69, 9.17) is 37.8 Å². The van der Waals surface area contributed by atoms with E-state index in [9.17, 15) is 22.4 Å². The standard InChI is InChI=1S/C23H17Cl2FN2O7S/c1-34-19-5-2-13(24)10-20(19)36(32,33)28-6-7-35-21-17(26)8-12(9-18(21)28)22(29)27-14-3-4-15(23(30)31)16(25)11-14/h2-5,8-11H,6-7H2,1H3,(H,27,29)(H,30,31). The third kappa shape index (κ3) is 4.77. The normalized spacial score (nSPS) is 12.9. The summed E-state index contributed by atoms with van der Waals surface area (Å²) in [5.74, 6) is -3.29. The van der Waals surface area contributed by atoms with Crippen LogP contribution >= 0.6 is 23.2 Å². The summed E-state index contributed by atoms with van der Waals surface area (Å²) in [5.41, 5.74) is -0.414. The highest BCUT2D eigenvalue weighted by Gasteiger charge is 2.35. The number of hydrogen-bond donors (Lipinski definition) is 2. The highest BCUT2D eigenvalue weighted by Crippen LogP contribution is 2.40. The average molecular weight is 555 g/mol. The van der Waals surface area contributed by atoms with Crippen molar-refractivity contribution in [3.05, 3.63) is 75.5 Å². The summed E-state index contributed by atoms with van der Waals surface area (Å²) in [5, 5.41) is 11.6. The van der Waals surface area contributed by atoms with Crippen LogP contribution in [0.3, 0.4) is 0 Å². The molecule has 0 aromatic heterocycles. The van der Waals surface area contributed by atoms with Crippen LogP contribution in [0.4, 0.5) is 15.8 Å². The second-order valence-corrected chi connectivity index (χ2v) is 10.2. The number of anilines is 2. The van der Waals surface area contributed by atoms with Crippen molar-refractivity contribution in [2.45, 2.75) is 4.90 Å². The molecule has 1 aliphatic rings. The molecule has 0 aliphatic carbocycles. The van der Waals surface area contributed by atoms with Crippen molar-refractivity contribution in [2.24, 2.45) is 0 Å². The summed E-state index contributed by atoms with van der Waals surface area (Å²) in [6.45, 7) is -0.298. The van der Waals surface area contributed by atoms with E-state index in [2.05, 4.69) is 5.32 Å². The number of halogens is 3. The van der Waals surface area contributed by atoms with Gasteiger partial charge in [-0.1, -0.05) is 23.2 Å². The van der Waals surface area contributed by atoms with E-state index in [1.54, 1.807) is 0 Å². The number of carbonyl (C=O) groups excluding carboxylic acids is 1. The summed E-state index contributed by atoms with van der Waals surface area (Å²) >= 11 is 11.9. The number of ether oxygens (including phenoxy) is 2. The van der Waals surface area contributed by atoms with E-state index in [0.29, 0.717) is 0 Å². The van der Waals surface area contributed by atoms with E-state index in [0.717, 1.165) is 10.4 Å². The zero-order valence-corrected chi connectivity index (χ0v) is 20.7. The molecular weight excluding hydrogens is 538 g/mol. The number of fused-ring (bicyclic) bond motifs is 1. The lowest BCUT2D eigenvalue weighted by Crippen LogP contribution is -2.38. The summed E-state index contributed by atoms with van der Waals surface area (Å²) in [7, 11) is -3.01. The SMILES string of the molecule is COc1ccc(Cl)cc1S(=O)(=O)N1CCOc2c(F)cc(C(=O)Nc3ccc(C(=O)O)c(Cl)c3)cc21. The first-order valence-corrected chi connectivity index (χ1v) is 12.4. The Morgan fingerprint density at radius 3 is 2.56 bits per heavy atom. The molecule has 36 heavy (non-hydrogen) atoms. The van der Waals surface area contributed by atoms with Gasteiger partial charge in [-0.05, 0) is 48.5 Å². The van der Waals surface area contributed by atoms with Crippen molar-refractivity contribution >= 4 is 56.5 Å². The lowest BCUT2D eigenvalue weighted by molar-refractivity contribution is 0.0697. The van der Waals surface area contributed by atoms with E-state index in [-0.39, 0.29) is 62.1 Å². The average Bonchev–Trinajstić information content (AvgIpc) is 2.83. The van der Waals surface area contributed by atoms with Gasteiger partial charge in [0.05, 0.1) is 29.9 Å². The lowest BCUT2D eigenvalue weighted by Gasteiger charge is -2.31. The van der Waals surface area contributed by atoms with Gasteiger partial charge >= 0.3 is 5.97 Å². The number of aromatic carboxylic acids is 1. The zero-order valence-electron chi connectivity index (χ0n) is 18.4. The minimum absolute atomic E-state index is 0.0310. The molecule has 0 radical (unpaired) electrons. The Morgan fingerprint density at radius 1 is 1.14 bits per heavy atom. The molecule has 3 aromatic rings. The molecule has 0 unspecified atom stereocenters. The number of benzene rings is 3. The van der Waals surface area contributed by atoms with E-state index >= 15 is 0 Å². The molecule has 0 saturated heterocycles. The summed E-state index contributed by atoms with van der Waals surface area (Å²) < 4.78 is 53.5. The van der Waals surface area contributed by atoms with Crippen LogP contribution < -0.4 is 19.1 Å². The molecule has 0 bridgehead atoms. The molecule has 1 amide bonds. The first-order chi connectivity index (χ1) is 17.0. The highest BCUT2D eigenvalue weighted by atomic mass is 35.5. The molecule has 3 aromatic carbocycles. The van der Waals surface area contributed by atoms with Gasteiger partial charge in [-0.3, -0.25) is 9.10 Å². The maximum atomic E-state index is 15.0. The number of nitrogens with zero attached hydrogens (tertiary/aromatic N) is 1. The van der Waals surface area contributed by atoms with Gasteiger partial charge in [-0.15, -0.1) is 0 Å². The van der Waals surface area contributed by atoms with Crippen molar-refractivity contribution in [3.63, 3.8) is 0 Å². The molecule has 1 heterocycles. The van der Waals surface area contributed by atoms with Crippen LogP contribution in [0.1, 0.15) is 20.7 Å². The topological polar surface area (TPSA) is 122 Å². The largest absolute Gasteiger partial charge is 0.495 e. The number of carboxylic acids is 1. The first-order valence-electron chi connectivity index (χ1n) is 10.2. The predicted octanol–water partition coefficient (Wildman–Crippen LogP) is 4.68. The fourth-order valence-corrected chi connectivity index (χ4v) is 5.71. The van der Waals surface area contributed by atoms with E-state index in [1.807, 2.05) is 0 Å². The van der Waals surface area contributed by atoms with Gasteiger partial charge in [-0.2, -0.15) is 0 Å². The maximum absolute atomic E-state index is 15.0. The number of carboxylic acid groups (broad SMARTS) is 1. The third-order valence-electron chi connectivity index (χ3n) is 5.25. The Balaban J connectivity index is 1.73. The van der Waals surface area contributed by atoms with Crippen LogP contribution in [0, 0.1) is 5.82 Å². The van der Waals surface area contributed by atoms with Gasteiger partial charge in [0.15, 0.2) is 11.6 Å². The third-order valence-corrected chi connectivity index (χ3v) is 7.63. The molecule has 0 saturated carbocycles. The molecule has 0 spiro atoms. The Bertz CT molecular complexity index is 1500. The van der Waals surface area contributed by atoms with Crippen LogP contribution in [0.15, 0.2) is 53.4 Å². The van der Waals surface area contributed by atoms with Gasteiger partial charge < -0.3 is 19.9 Å². The molecule has 13 heteroatoms. The fraction of sp³-hybridized carbons (Fsp3) is 0.130. The molecule has 0 fully saturated rings. The fourth-order valence-electron chi connectivity index (χ4n) is 3.58. The number of sulfonamides is 1. The van der Waals surface area contributed by atoms with Crippen molar-refractivity contribution in [1.29, 1.82) is 0 Å². The predicted molar refractivity (Wildman–Crippen MR) is 131 cm³/mol. The Labute approximate surface area is 215 Å². The number of nitrogens with one attached hydrogen (secondary N) is 1. The number of amides is 1. The quantitative estimate of drug-likeness (QED) is 0.453. The number of carbonyl (C=O) groups is 2. The highest BCUT2D eigenvalue weighted by molar-refractivity contribution is 7.93. The Kier molecular flexibility index (Phi) is 6.98. The van der Waals surface area contributed by atoms with Gasteiger partial charge in [-0.25, -0.2) is 17.6 Å². The van der Waals surface area contributed by atoms with Gasteiger partial charge in [0, 0.05) is 16.3 Å². The smallest absolute Gasteiger partial charge is 0.337 e. The second kappa shape index (κ2) is 9.84. The molecular formula is C23H17Cl2FN2O7S. The van der Waals surface area contributed by atoms with Crippen molar-refractivity contribution < 1.29 is 37.0 Å². The van der Waals surface area contributed by atoms with E-state index in [1.165, 1.54) is 49.6 Å². The van der Waals surface area contributed by atoms with Gasteiger partial charge in [0.1, 0.15) is 17.3 Å². The maximum Gasteiger partial charge on any atom is 0.337 e. The number of methoxy groups -OCH3 is 1. The van der Waals surface area contributed by atoms with Crippen LogP contribution in [-0.4, -0.2) is 45.7 Å². The number of rotatable bonds is 6. The van der Waals surface area contributed by atoms with Crippen molar-refractivity contribution in [3.8, 4) is 11.5 Å². The van der Waals surface area contributed by atoms with Crippen molar-refractivity contribution in [1.82, 2.24) is 0 Å². The Morgan fingerprint density at radius 2 is 1.89 bits per heavy atom. The summed E-state index contributed by atoms with van der Waals surface area (Å²) in [4.78, 5) is 23.8. The molecule has 9 nitrogen and oxygen atoms in total. The first kappa shape index (κ1) is 25.5. The van der Waals surface area contributed by atoms with Crippen LogP contribution in [0.2, 0.25) is 10.0 Å². The van der Waals surface area contributed by atoms with Crippen molar-refractivity contribution in [2.75, 3.05) is 29.9 Å². The molecule has 1 aliphatic heterocycles. The monoisotopic (exact) mass is 554 g/mol. The molecule has 188 valence electrons. The van der Waals surface area contributed by atoms with Crippen LogP contribution in [0.5, 0.6) is 11.5 Å². The summed E-state index contributed by atoms with van der Waals surface area (Å²) in [6.07, 6.45) is 0. The van der Waals surface area contributed by atoms with E-state index < -0.39 is 27.7 Å². The summed E-state index contributed by atoms with van der Waals surface area (Å²) in [6, 6.07) is 9.88. The van der Waals surface area contributed by atoms with Gasteiger partial charge in [0.25, 0.3) is 15.9 Å². The van der Waals surface area contributed by atoms with Crippen LogP contribution in [-0.2, 0) is 10.0 Å². The lowest BCUT2D eigenvalue weighted by atomic mass is 10.1. The second-order valence-electron chi connectivity index (χ2n) is 7.48. The number of hydrogen-bond acceptors (Lipinski definition) is 6. The zero-order chi connectivity index (χ0) is 26.2. The minimum atomic E-state index is -4.30. The minimum Gasteiger partial charge on any atom is -0.495 e. The molecule has 4 rings (SSSR count). The molecule has 2 N–H and O–H groups in total. The van der Waals surface area contributed by atoms with Crippen LogP contribution in [0.25, 0.3) is 0 Å².